The van der Waals surface area contributed by atoms with Gasteiger partial charge in [-0.05, 0) is 37.0 Å². The molecule has 0 bridgehead atoms. The lowest BCUT2D eigenvalue weighted by Gasteiger charge is -2.14. The minimum Gasteiger partial charge on any atom is -0.295 e. The number of aryl methyl sites for hydroxylation is 2. The van der Waals surface area contributed by atoms with Gasteiger partial charge in [0.05, 0.1) is 0 Å². The van der Waals surface area contributed by atoms with Gasteiger partial charge in [0.2, 0.25) is 0 Å². The van der Waals surface area contributed by atoms with Crippen LogP contribution in [0.25, 0.3) is 0 Å². The van der Waals surface area contributed by atoms with Crippen LogP contribution in [0.5, 0.6) is 0 Å². The first-order valence-electron chi connectivity index (χ1n) is 5.38. The normalized spacial score (nSPS) is 21.1. The van der Waals surface area contributed by atoms with Crippen LogP contribution >= 0.6 is 0 Å². The lowest BCUT2D eigenvalue weighted by atomic mass is 9.90. The Morgan fingerprint density at radius 1 is 1.33 bits per heavy atom. The standard InChI is InChI=1S/C14H16O/c1-9-4-5-12(10(2)8-9)13-6-7-14(15)11(13)3/h4-5,8,13H,3,6-7H2,1-2H3. The lowest BCUT2D eigenvalue weighted by Crippen LogP contribution is -2.01. The van der Waals surface area contributed by atoms with E-state index in [4.69, 9.17) is 0 Å². The summed E-state index contributed by atoms with van der Waals surface area (Å²) in [6.07, 6.45) is 1.60. The van der Waals surface area contributed by atoms with Crippen LogP contribution < -0.4 is 0 Å². The largest absolute Gasteiger partial charge is 0.295 e. The average molecular weight is 200 g/mol. The zero-order chi connectivity index (χ0) is 11.0. The smallest absolute Gasteiger partial charge is 0.158 e. The van der Waals surface area contributed by atoms with Gasteiger partial charge in [-0.15, -0.1) is 0 Å². The van der Waals surface area contributed by atoms with Crippen LogP contribution in [-0.2, 0) is 4.79 Å². The molecule has 0 heterocycles. The number of hydrogen-bond acceptors (Lipinski definition) is 1. The third kappa shape index (κ3) is 1.74. The van der Waals surface area contributed by atoms with E-state index in [0.717, 1.165) is 12.0 Å². The molecule has 0 aliphatic heterocycles. The van der Waals surface area contributed by atoms with Crippen molar-refractivity contribution in [2.45, 2.75) is 32.6 Å². The molecule has 0 radical (unpaired) electrons. The maximum absolute atomic E-state index is 11.4. The molecule has 1 aromatic carbocycles. The summed E-state index contributed by atoms with van der Waals surface area (Å²) in [5, 5.41) is 0. The van der Waals surface area contributed by atoms with Gasteiger partial charge in [0, 0.05) is 12.3 Å². The molecule has 1 aliphatic carbocycles. The second kappa shape index (κ2) is 3.65. The van der Waals surface area contributed by atoms with Crippen molar-refractivity contribution in [3.63, 3.8) is 0 Å². The Morgan fingerprint density at radius 2 is 2.07 bits per heavy atom. The Hall–Kier alpha value is -1.37. The number of Topliss-reactive ketones (excluding diaryl/α,β-unsaturated/α-hetero) is 1. The number of ketones is 1. The fourth-order valence-electron chi connectivity index (χ4n) is 2.36. The van der Waals surface area contributed by atoms with Crippen molar-refractivity contribution in [2.24, 2.45) is 0 Å². The molecule has 78 valence electrons. The van der Waals surface area contributed by atoms with Crippen molar-refractivity contribution in [1.82, 2.24) is 0 Å². The van der Waals surface area contributed by atoms with Crippen molar-refractivity contribution in [1.29, 1.82) is 0 Å². The van der Waals surface area contributed by atoms with Gasteiger partial charge in [-0.2, -0.15) is 0 Å². The second-order valence-electron chi connectivity index (χ2n) is 4.40. The van der Waals surface area contributed by atoms with E-state index in [1.165, 1.54) is 16.7 Å². The van der Waals surface area contributed by atoms with Gasteiger partial charge in [0.1, 0.15) is 0 Å². The second-order valence-corrected chi connectivity index (χ2v) is 4.40. The van der Waals surface area contributed by atoms with Crippen LogP contribution in [0.4, 0.5) is 0 Å². The first kappa shape index (κ1) is 10.2. The molecule has 0 N–H and O–H groups in total. The van der Waals surface area contributed by atoms with Crippen LogP contribution in [0.3, 0.4) is 0 Å². The van der Waals surface area contributed by atoms with E-state index in [2.05, 4.69) is 38.6 Å². The van der Waals surface area contributed by atoms with E-state index in [-0.39, 0.29) is 11.7 Å². The van der Waals surface area contributed by atoms with Crippen LogP contribution in [-0.4, -0.2) is 5.78 Å². The van der Waals surface area contributed by atoms with Crippen LogP contribution in [0, 0.1) is 13.8 Å². The number of carbonyl (C=O) groups is 1. The summed E-state index contributed by atoms with van der Waals surface area (Å²) in [5.74, 6) is 0.498. The molecule has 1 nitrogen and oxygen atoms in total. The number of rotatable bonds is 1. The molecule has 1 aliphatic rings. The average Bonchev–Trinajstić information content (AvgIpc) is 2.49. The van der Waals surface area contributed by atoms with E-state index in [0.29, 0.717) is 6.42 Å². The van der Waals surface area contributed by atoms with Crippen LogP contribution in [0.1, 0.15) is 35.4 Å². The van der Waals surface area contributed by atoms with Gasteiger partial charge in [-0.3, -0.25) is 4.79 Å². The van der Waals surface area contributed by atoms with Gasteiger partial charge in [-0.25, -0.2) is 0 Å². The number of benzene rings is 1. The molecule has 0 amide bonds. The van der Waals surface area contributed by atoms with Crippen LogP contribution in [0.2, 0.25) is 0 Å². The topological polar surface area (TPSA) is 17.1 Å². The summed E-state index contributed by atoms with van der Waals surface area (Å²) < 4.78 is 0. The van der Waals surface area contributed by atoms with Gasteiger partial charge < -0.3 is 0 Å². The lowest BCUT2D eigenvalue weighted by molar-refractivity contribution is -0.114. The van der Waals surface area contributed by atoms with Crippen molar-refractivity contribution in [3.05, 3.63) is 47.0 Å². The van der Waals surface area contributed by atoms with Gasteiger partial charge in [-0.1, -0.05) is 30.3 Å². The highest BCUT2D eigenvalue weighted by Gasteiger charge is 2.28. The summed E-state index contributed by atoms with van der Waals surface area (Å²) in [6.45, 7) is 8.11. The summed E-state index contributed by atoms with van der Waals surface area (Å²) in [7, 11) is 0. The number of allylic oxidation sites excluding steroid dienone is 1. The Balaban J connectivity index is 2.38. The van der Waals surface area contributed by atoms with E-state index < -0.39 is 0 Å². The highest BCUT2D eigenvalue weighted by Crippen LogP contribution is 2.37. The van der Waals surface area contributed by atoms with Crippen molar-refractivity contribution < 1.29 is 4.79 Å². The van der Waals surface area contributed by atoms with E-state index >= 15 is 0 Å². The van der Waals surface area contributed by atoms with E-state index in [9.17, 15) is 4.79 Å². The zero-order valence-electron chi connectivity index (χ0n) is 9.34. The summed E-state index contributed by atoms with van der Waals surface area (Å²) in [4.78, 5) is 11.4. The minimum absolute atomic E-state index is 0.236. The Bertz CT molecular complexity index is 429. The summed E-state index contributed by atoms with van der Waals surface area (Å²) in [5.41, 5.74) is 4.61. The molecule has 1 unspecified atom stereocenters. The molecule has 1 aromatic rings. The van der Waals surface area contributed by atoms with Crippen molar-refractivity contribution in [3.8, 4) is 0 Å². The molecule has 0 saturated heterocycles. The molecule has 1 saturated carbocycles. The number of hydrogen-bond donors (Lipinski definition) is 0. The third-order valence-corrected chi connectivity index (χ3v) is 3.24. The Labute approximate surface area is 90.8 Å². The van der Waals surface area contributed by atoms with Gasteiger partial charge >= 0.3 is 0 Å². The molecule has 1 heteroatoms. The van der Waals surface area contributed by atoms with E-state index in [1.807, 2.05) is 0 Å². The molecular weight excluding hydrogens is 184 g/mol. The first-order chi connectivity index (χ1) is 7.09. The summed E-state index contributed by atoms with van der Waals surface area (Å²) >= 11 is 0. The molecule has 2 rings (SSSR count). The predicted molar refractivity (Wildman–Crippen MR) is 62.0 cm³/mol. The van der Waals surface area contributed by atoms with Crippen LogP contribution in [0.15, 0.2) is 30.4 Å². The SMILES string of the molecule is C=C1C(=O)CCC1c1ccc(C)cc1C. The third-order valence-electron chi connectivity index (χ3n) is 3.24. The van der Waals surface area contributed by atoms with Gasteiger partial charge in [0.25, 0.3) is 0 Å². The number of carbonyl (C=O) groups excluding carboxylic acids is 1. The quantitative estimate of drug-likeness (QED) is 0.636. The zero-order valence-corrected chi connectivity index (χ0v) is 9.34. The highest BCUT2D eigenvalue weighted by atomic mass is 16.1. The highest BCUT2D eigenvalue weighted by molar-refractivity contribution is 5.98. The fourth-order valence-corrected chi connectivity index (χ4v) is 2.36. The molecule has 0 aromatic heterocycles. The van der Waals surface area contributed by atoms with Crippen molar-refractivity contribution in [2.75, 3.05) is 0 Å². The van der Waals surface area contributed by atoms with Crippen molar-refractivity contribution >= 4 is 5.78 Å². The van der Waals surface area contributed by atoms with Gasteiger partial charge in [0.15, 0.2) is 5.78 Å². The monoisotopic (exact) mass is 200 g/mol. The maximum Gasteiger partial charge on any atom is 0.158 e. The molecule has 1 fully saturated rings. The molecule has 1 atom stereocenters. The van der Waals surface area contributed by atoms with E-state index in [1.54, 1.807) is 0 Å². The first-order valence-corrected chi connectivity index (χ1v) is 5.38. The molecule has 15 heavy (non-hydrogen) atoms. The predicted octanol–water partition coefficient (Wildman–Crippen LogP) is 3.31. The molecule has 0 spiro atoms. The Morgan fingerprint density at radius 3 is 2.60 bits per heavy atom. The Kier molecular flexibility index (Phi) is 2.47. The fraction of sp³-hybridized carbons (Fsp3) is 0.357. The maximum atomic E-state index is 11.4. The summed E-state index contributed by atoms with van der Waals surface area (Å²) in [6, 6.07) is 6.42. The molecular formula is C14H16O. The minimum atomic E-state index is 0.236.